The van der Waals surface area contributed by atoms with Gasteiger partial charge in [0.15, 0.2) is 11.5 Å². The predicted molar refractivity (Wildman–Crippen MR) is 144 cm³/mol. The zero-order valence-electron chi connectivity index (χ0n) is 19.5. The van der Waals surface area contributed by atoms with Gasteiger partial charge in [0, 0.05) is 11.1 Å². The molecule has 6 rings (SSSR count). The Morgan fingerprint density at radius 2 is 1.68 bits per heavy atom. The summed E-state index contributed by atoms with van der Waals surface area (Å²) in [6.45, 7) is 0.618. The van der Waals surface area contributed by atoms with Gasteiger partial charge in [-0.15, -0.1) is 0 Å². The maximum Gasteiger partial charge on any atom is 0.293 e. The third-order valence-electron chi connectivity index (χ3n) is 6.20. The van der Waals surface area contributed by atoms with Crippen LogP contribution >= 0.6 is 23.4 Å². The topological polar surface area (TPSA) is 65.1 Å². The van der Waals surface area contributed by atoms with Crippen LogP contribution in [0.5, 0.6) is 17.2 Å². The van der Waals surface area contributed by atoms with Gasteiger partial charge in [-0.05, 0) is 63.5 Å². The fourth-order valence-corrected chi connectivity index (χ4v) is 5.33. The van der Waals surface area contributed by atoms with E-state index >= 15 is 0 Å². The minimum Gasteiger partial charge on any atom is -0.489 e. The summed E-state index contributed by atoms with van der Waals surface area (Å²) in [5.74, 6) is 1.45. The van der Waals surface area contributed by atoms with Crippen LogP contribution in [0, 0.1) is 0 Å². The third-order valence-corrected chi connectivity index (χ3v) is 7.46. The van der Waals surface area contributed by atoms with Gasteiger partial charge in [0.25, 0.3) is 11.1 Å². The molecule has 1 fully saturated rings. The third kappa shape index (κ3) is 4.75. The maximum atomic E-state index is 13.0. The summed E-state index contributed by atoms with van der Waals surface area (Å²) in [4.78, 5) is 27.1. The number of carbonyl (C=O) groups excluding carboxylic acids is 2. The number of thioether (sulfide) groups is 1. The summed E-state index contributed by atoms with van der Waals surface area (Å²) >= 11 is 7.25. The van der Waals surface area contributed by atoms with E-state index in [9.17, 15) is 9.59 Å². The van der Waals surface area contributed by atoms with Gasteiger partial charge >= 0.3 is 0 Å². The SMILES string of the molecule is O=C1S/C(=C/c2ccc(OCc3cccc4ccccc34)cc2)C(=O)N1Cc1cc2c(cc1Cl)OCO2. The first-order valence-electron chi connectivity index (χ1n) is 11.6. The van der Waals surface area contributed by atoms with Gasteiger partial charge in [0.1, 0.15) is 12.4 Å². The second kappa shape index (κ2) is 9.84. The number of hydrogen-bond donors (Lipinski definition) is 0. The number of rotatable bonds is 6. The van der Waals surface area contributed by atoms with Crippen LogP contribution in [0.4, 0.5) is 4.79 Å². The molecule has 0 unspecified atom stereocenters. The standard InChI is InChI=1S/C29H20ClNO5S/c30-24-14-26-25(35-17-36-26)13-21(24)15-31-28(32)27(37-29(31)33)12-18-8-10-22(11-9-18)34-16-20-6-3-5-19-4-1-2-7-23(19)20/h1-14H,15-17H2/b27-12+. The van der Waals surface area contributed by atoms with Crippen LogP contribution < -0.4 is 14.2 Å². The van der Waals surface area contributed by atoms with Gasteiger partial charge in [-0.25, -0.2) is 0 Å². The number of carbonyl (C=O) groups is 2. The molecule has 0 spiro atoms. The zero-order valence-corrected chi connectivity index (χ0v) is 21.1. The van der Waals surface area contributed by atoms with Crippen LogP contribution in [-0.4, -0.2) is 22.8 Å². The molecule has 0 N–H and O–H groups in total. The highest BCUT2D eigenvalue weighted by Crippen LogP contribution is 2.39. The first-order valence-corrected chi connectivity index (χ1v) is 12.8. The van der Waals surface area contributed by atoms with E-state index < -0.39 is 0 Å². The number of fused-ring (bicyclic) bond motifs is 2. The number of halogens is 1. The summed E-state index contributed by atoms with van der Waals surface area (Å²) < 4.78 is 16.7. The van der Waals surface area contributed by atoms with Crippen LogP contribution in [0.25, 0.3) is 16.8 Å². The summed E-state index contributed by atoms with van der Waals surface area (Å²) in [6, 6.07) is 25.2. The summed E-state index contributed by atoms with van der Waals surface area (Å²) in [5.41, 5.74) is 2.52. The molecule has 0 aromatic heterocycles. The number of hydrogen-bond acceptors (Lipinski definition) is 6. The molecule has 37 heavy (non-hydrogen) atoms. The van der Waals surface area contributed by atoms with Crippen molar-refractivity contribution < 1.29 is 23.8 Å². The molecule has 2 amide bonds. The van der Waals surface area contributed by atoms with Crippen LogP contribution in [-0.2, 0) is 17.9 Å². The molecule has 0 aliphatic carbocycles. The van der Waals surface area contributed by atoms with Gasteiger partial charge in [0.05, 0.1) is 11.4 Å². The van der Waals surface area contributed by atoms with Gasteiger partial charge in [-0.3, -0.25) is 14.5 Å². The summed E-state index contributed by atoms with van der Waals surface area (Å²) in [7, 11) is 0. The molecule has 2 aliphatic heterocycles. The van der Waals surface area contributed by atoms with Crippen molar-refractivity contribution in [2.24, 2.45) is 0 Å². The molecular weight excluding hydrogens is 510 g/mol. The maximum absolute atomic E-state index is 13.0. The van der Waals surface area contributed by atoms with E-state index in [1.165, 1.54) is 15.7 Å². The lowest BCUT2D eigenvalue weighted by molar-refractivity contribution is -0.123. The number of amides is 2. The summed E-state index contributed by atoms with van der Waals surface area (Å²) in [5, 5.41) is 2.40. The van der Waals surface area contributed by atoms with Crippen molar-refractivity contribution in [3.8, 4) is 17.2 Å². The molecule has 1 saturated heterocycles. The van der Waals surface area contributed by atoms with E-state index in [4.69, 9.17) is 25.8 Å². The first-order chi connectivity index (χ1) is 18.0. The Balaban J connectivity index is 1.13. The Hall–Kier alpha value is -3.94. The van der Waals surface area contributed by atoms with Crippen molar-refractivity contribution in [1.82, 2.24) is 4.90 Å². The second-order valence-corrected chi connectivity index (χ2v) is 9.96. The van der Waals surface area contributed by atoms with Crippen molar-refractivity contribution in [3.05, 3.63) is 105 Å². The first kappa shape index (κ1) is 23.5. The molecule has 0 saturated carbocycles. The smallest absolute Gasteiger partial charge is 0.293 e. The van der Waals surface area contributed by atoms with E-state index in [0.717, 1.165) is 28.6 Å². The average molecular weight is 530 g/mol. The Labute approximate surface area is 222 Å². The molecule has 2 aliphatic rings. The van der Waals surface area contributed by atoms with Gasteiger partial charge in [-0.2, -0.15) is 0 Å². The number of ether oxygens (including phenoxy) is 3. The lowest BCUT2D eigenvalue weighted by atomic mass is 10.1. The lowest BCUT2D eigenvalue weighted by Crippen LogP contribution is -2.27. The molecule has 8 heteroatoms. The number of imide groups is 1. The molecule has 0 radical (unpaired) electrons. The van der Waals surface area contributed by atoms with Crippen LogP contribution in [0.2, 0.25) is 5.02 Å². The molecule has 4 aromatic carbocycles. The second-order valence-electron chi connectivity index (χ2n) is 8.56. The van der Waals surface area contributed by atoms with Gasteiger partial charge < -0.3 is 14.2 Å². The highest BCUT2D eigenvalue weighted by atomic mass is 35.5. The zero-order chi connectivity index (χ0) is 25.4. The van der Waals surface area contributed by atoms with E-state index in [1.807, 2.05) is 42.5 Å². The quantitative estimate of drug-likeness (QED) is 0.250. The van der Waals surface area contributed by atoms with Crippen molar-refractivity contribution in [2.75, 3.05) is 6.79 Å². The minimum absolute atomic E-state index is 0.0540. The van der Waals surface area contributed by atoms with Crippen LogP contribution in [0.1, 0.15) is 16.7 Å². The van der Waals surface area contributed by atoms with Crippen LogP contribution in [0.15, 0.2) is 83.8 Å². The van der Waals surface area contributed by atoms with Crippen molar-refractivity contribution in [1.29, 1.82) is 0 Å². The van der Waals surface area contributed by atoms with E-state index in [-0.39, 0.29) is 24.5 Å². The Morgan fingerprint density at radius 3 is 2.51 bits per heavy atom. The minimum atomic E-state index is -0.361. The largest absolute Gasteiger partial charge is 0.489 e. The number of nitrogens with zero attached hydrogens (tertiary/aromatic N) is 1. The van der Waals surface area contributed by atoms with Crippen molar-refractivity contribution in [2.45, 2.75) is 13.2 Å². The molecule has 0 bridgehead atoms. The normalized spacial score (nSPS) is 15.7. The molecule has 4 aromatic rings. The van der Waals surface area contributed by atoms with Crippen LogP contribution in [0.3, 0.4) is 0 Å². The molecular formula is C29H20ClNO5S. The lowest BCUT2D eigenvalue weighted by Gasteiger charge is -2.14. The Kier molecular flexibility index (Phi) is 6.24. The highest BCUT2D eigenvalue weighted by molar-refractivity contribution is 8.18. The van der Waals surface area contributed by atoms with E-state index in [2.05, 4.69) is 24.3 Å². The Bertz CT molecular complexity index is 1560. The van der Waals surface area contributed by atoms with Crippen molar-refractivity contribution >= 4 is 51.4 Å². The monoisotopic (exact) mass is 529 g/mol. The molecule has 0 atom stereocenters. The predicted octanol–water partition coefficient (Wildman–Crippen LogP) is 7.04. The van der Waals surface area contributed by atoms with E-state index in [1.54, 1.807) is 18.2 Å². The molecule has 6 nitrogen and oxygen atoms in total. The molecule has 2 heterocycles. The van der Waals surface area contributed by atoms with E-state index in [0.29, 0.717) is 33.6 Å². The average Bonchev–Trinajstić information content (AvgIpc) is 3.47. The fourth-order valence-electron chi connectivity index (χ4n) is 4.28. The van der Waals surface area contributed by atoms with Gasteiger partial charge in [-0.1, -0.05) is 66.2 Å². The number of benzene rings is 4. The summed E-state index contributed by atoms with van der Waals surface area (Å²) in [6.07, 6.45) is 1.71. The highest BCUT2D eigenvalue weighted by Gasteiger charge is 2.35. The van der Waals surface area contributed by atoms with Gasteiger partial charge in [0.2, 0.25) is 6.79 Å². The van der Waals surface area contributed by atoms with Crippen molar-refractivity contribution in [3.63, 3.8) is 0 Å². The Morgan fingerprint density at radius 1 is 0.919 bits per heavy atom. The molecule has 184 valence electrons. The fraction of sp³-hybridized carbons (Fsp3) is 0.103.